The van der Waals surface area contributed by atoms with Gasteiger partial charge < -0.3 is 15.2 Å². The van der Waals surface area contributed by atoms with Crippen LogP contribution in [-0.4, -0.2) is 25.9 Å². The maximum Gasteiger partial charge on any atom is 0.251 e. The van der Waals surface area contributed by atoms with E-state index < -0.39 is 0 Å². The first kappa shape index (κ1) is 19.8. The van der Waals surface area contributed by atoms with E-state index in [1.807, 2.05) is 48.0 Å². The molecule has 0 atom stereocenters. The lowest BCUT2D eigenvalue weighted by atomic mass is 9.89. The third kappa shape index (κ3) is 4.26. The van der Waals surface area contributed by atoms with Crippen LogP contribution in [0.5, 0.6) is 5.88 Å². The molecule has 0 amide bonds. The van der Waals surface area contributed by atoms with Crippen molar-refractivity contribution in [2.24, 2.45) is 0 Å². The number of anilines is 1. The number of fused-ring (bicyclic) bond motifs is 1. The number of hydrogen-bond acceptors (Lipinski definition) is 6. The van der Waals surface area contributed by atoms with Crippen LogP contribution in [-0.2, 0) is 11.3 Å². The van der Waals surface area contributed by atoms with E-state index in [2.05, 4.69) is 33.8 Å². The molecule has 1 aromatic carbocycles. The van der Waals surface area contributed by atoms with Crippen LogP contribution in [0, 0.1) is 0 Å². The van der Waals surface area contributed by atoms with E-state index >= 15 is 0 Å². The Kier molecular flexibility index (Phi) is 5.90. The molecule has 30 heavy (non-hydrogen) atoms. The number of allylic oxidation sites excluding steroid dienone is 4. The SMILES string of the molecule is C=C(/C=C\C=C/C)Oc1nn(C2CC(OCc3ccccc3)C2)c2ncnc(N)c12. The standard InChI is InChI=1S/C23H25N5O2/c1-3-4-6-9-16(2)30-23-20-21(24)25-15-26-22(20)28(27-23)18-12-19(13-18)29-14-17-10-7-5-8-11-17/h3-11,15,18-19H,2,12-14H2,1H3,(H2,24,25,26)/b4-3-,9-6-. The second-order valence-corrected chi connectivity index (χ2v) is 7.20. The third-order valence-corrected chi connectivity index (χ3v) is 5.04. The maximum atomic E-state index is 6.10. The van der Waals surface area contributed by atoms with Crippen molar-refractivity contribution in [3.8, 4) is 5.88 Å². The zero-order valence-corrected chi connectivity index (χ0v) is 16.9. The summed E-state index contributed by atoms with van der Waals surface area (Å²) in [5.41, 5.74) is 7.93. The normalized spacial score (nSPS) is 18.8. The van der Waals surface area contributed by atoms with Crippen LogP contribution in [0.4, 0.5) is 5.82 Å². The van der Waals surface area contributed by atoms with Crippen molar-refractivity contribution in [3.05, 3.63) is 78.9 Å². The fourth-order valence-electron chi connectivity index (χ4n) is 3.38. The van der Waals surface area contributed by atoms with Gasteiger partial charge in [-0.3, -0.25) is 0 Å². The largest absolute Gasteiger partial charge is 0.438 e. The second-order valence-electron chi connectivity index (χ2n) is 7.20. The van der Waals surface area contributed by atoms with Gasteiger partial charge in [0.15, 0.2) is 5.65 Å². The maximum absolute atomic E-state index is 6.10. The van der Waals surface area contributed by atoms with Crippen molar-refractivity contribution >= 4 is 16.9 Å². The summed E-state index contributed by atoms with van der Waals surface area (Å²) in [6.07, 6.45) is 10.8. The molecular formula is C23H25N5O2. The van der Waals surface area contributed by atoms with Crippen LogP contribution in [0.3, 0.4) is 0 Å². The first-order valence-electron chi connectivity index (χ1n) is 9.96. The zero-order chi connectivity index (χ0) is 20.9. The van der Waals surface area contributed by atoms with Crippen LogP contribution >= 0.6 is 0 Å². The molecule has 0 saturated heterocycles. The molecule has 2 heterocycles. The van der Waals surface area contributed by atoms with Crippen LogP contribution in [0.25, 0.3) is 11.0 Å². The molecule has 0 aliphatic heterocycles. The Morgan fingerprint density at radius 2 is 2.03 bits per heavy atom. The molecule has 0 bridgehead atoms. The number of nitrogens with two attached hydrogens (primary N) is 1. The molecule has 1 aliphatic rings. The summed E-state index contributed by atoms with van der Waals surface area (Å²) >= 11 is 0. The predicted octanol–water partition coefficient (Wildman–Crippen LogP) is 4.35. The van der Waals surface area contributed by atoms with Crippen LogP contribution in [0.15, 0.2) is 73.3 Å². The van der Waals surface area contributed by atoms with E-state index in [4.69, 9.17) is 15.2 Å². The molecule has 2 N–H and O–H groups in total. The van der Waals surface area contributed by atoms with Crippen LogP contribution in [0.1, 0.15) is 31.4 Å². The Morgan fingerprint density at radius 1 is 1.23 bits per heavy atom. The van der Waals surface area contributed by atoms with Crippen molar-refractivity contribution in [2.75, 3.05) is 5.73 Å². The fourth-order valence-corrected chi connectivity index (χ4v) is 3.38. The van der Waals surface area contributed by atoms with Crippen molar-refractivity contribution < 1.29 is 9.47 Å². The molecule has 4 rings (SSSR count). The van der Waals surface area contributed by atoms with Crippen LogP contribution in [0.2, 0.25) is 0 Å². The van der Waals surface area contributed by atoms with Gasteiger partial charge in [-0.1, -0.05) is 55.1 Å². The van der Waals surface area contributed by atoms with Gasteiger partial charge in [0, 0.05) is 0 Å². The van der Waals surface area contributed by atoms with E-state index in [-0.39, 0.29) is 12.1 Å². The van der Waals surface area contributed by atoms with E-state index in [1.54, 1.807) is 6.08 Å². The van der Waals surface area contributed by atoms with E-state index in [0.717, 1.165) is 12.8 Å². The number of ether oxygens (including phenoxy) is 2. The Bertz CT molecular complexity index is 1080. The minimum absolute atomic E-state index is 0.173. The summed E-state index contributed by atoms with van der Waals surface area (Å²) in [6, 6.07) is 10.4. The molecule has 0 radical (unpaired) electrons. The average Bonchev–Trinajstić information content (AvgIpc) is 3.07. The van der Waals surface area contributed by atoms with Gasteiger partial charge >= 0.3 is 0 Å². The van der Waals surface area contributed by atoms with Gasteiger partial charge in [0.2, 0.25) is 0 Å². The van der Waals surface area contributed by atoms with E-state index in [0.29, 0.717) is 35.1 Å². The number of aromatic nitrogens is 4. The minimum atomic E-state index is 0.173. The van der Waals surface area contributed by atoms with Gasteiger partial charge in [0.25, 0.3) is 5.88 Å². The smallest absolute Gasteiger partial charge is 0.251 e. The Hall–Kier alpha value is -3.45. The van der Waals surface area contributed by atoms with E-state index in [1.165, 1.54) is 11.9 Å². The third-order valence-electron chi connectivity index (χ3n) is 5.04. The van der Waals surface area contributed by atoms with Crippen molar-refractivity contribution in [1.82, 2.24) is 19.7 Å². The molecule has 2 aromatic heterocycles. The lowest BCUT2D eigenvalue weighted by molar-refractivity contribution is -0.0376. The number of hydrogen-bond donors (Lipinski definition) is 1. The monoisotopic (exact) mass is 403 g/mol. The summed E-state index contributed by atoms with van der Waals surface area (Å²) in [6.45, 7) is 6.47. The second kappa shape index (κ2) is 8.92. The Labute approximate surface area is 175 Å². The molecule has 154 valence electrons. The average molecular weight is 403 g/mol. The summed E-state index contributed by atoms with van der Waals surface area (Å²) < 4.78 is 13.7. The summed E-state index contributed by atoms with van der Waals surface area (Å²) in [4.78, 5) is 8.49. The quantitative estimate of drug-likeness (QED) is 0.444. The number of nitrogen functional groups attached to an aromatic ring is 1. The molecule has 3 aromatic rings. The van der Waals surface area contributed by atoms with Gasteiger partial charge in [-0.2, -0.15) is 0 Å². The Morgan fingerprint density at radius 3 is 2.80 bits per heavy atom. The van der Waals surface area contributed by atoms with Gasteiger partial charge in [-0.15, -0.1) is 5.10 Å². The summed E-state index contributed by atoms with van der Waals surface area (Å²) in [7, 11) is 0. The lowest BCUT2D eigenvalue weighted by Crippen LogP contribution is -2.34. The Balaban J connectivity index is 1.47. The molecule has 7 nitrogen and oxygen atoms in total. The highest BCUT2D eigenvalue weighted by Gasteiger charge is 2.34. The highest BCUT2D eigenvalue weighted by molar-refractivity contribution is 5.90. The highest BCUT2D eigenvalue weighted by Crippen LogP contribution is 2.39. The van der Waals surface area contributed by atoms with Gasteiger partial charge in [0.05, 0.1) is 18.8 Å². The fraction of sp³-hybridized carbons (Fsp3) is 0.261. The molecule has 0 spiro atoms. The number of rotatable bonds is 8. The molecule has 1 aliphatic carbocycles. The summed E-state index contributed by atoms with van der Waals surface area (Å²) in [5.74, 6) is 1.16. The van der Waals surface area contributed by atoms with Crippen molar-refractivity contribution in [3.63, 3.8) is 0 Å². The van der Waals surface area contributed by atoms with Gasteiger partial charge in [-0.05, 0) is 31.4 Å². The molecular weight excluding hydrogens is 378 g/mol. The predicted molar refractivity (Wildman–Crippen MR) is 117 cm³/mol. The lowest BCUT2D eigenvalue weighted by Gasteiger charge is -2.35. The topological polar surface area (TPSA) is 88.1 Å². The zero-order valence-electron chi connectivity index (χ0n) is 16.9. The van der Waals surface area contributed by atoms with Crippen LogP contribution < -0.4 is 10.5 Å². The summed E-state index contributed by atoms with van der Waals surface area (Å²) in [5, 5.41) is 5.24. The molecule has 7 heteroatoms. The van der Waals surface area contributed by atoms with Crippen molar-refractivity contribution in [1.29, 1.82) is 0 Å². The highest BCUT2D eigenvalue weighted by atomic mass is 16.5. The first-order chi connectivity index (χ1) is 14.7. The molecule has 0 unspecified atom stereocenters. The number of benzene rings is 1. The van der Waals surface area contributed by atoms with Crippen molar-refractivity contribution in [2.45, 2.75) is 38.5 Å². The van der Waals surface area contributed by atoms with Gasteiger partial charge in [-0.25, -0.2) is 14.6 Å². The van der Waals surface area contributed by atoms with E-state index in [9.17, 15) is 0 Å². The molecule has 1 fully saturated rings. The van der Waals surface area contributed by atoms with Gasteiger partial charge in [0.1, 0.15) is 23.3 Å². The first-order valence-corrected chi connectivity index (χ1v) is 9.96. The minimum Gasteiger partial charge on any atom is -0.438 e. The number of nitrogens with zero attached hydrogens (tertiary/aromatic N) is 4. The molecule has 1 saturated carbocycles.